The molecule has 0 saturated carbocycles. The number of likely N-dealkylation sites (N-methyl/N-ethyl adjacent to an activating group) is 1. The van der Waals surface area contributed by atoms with Crippen molar-refractivity contribution in [2.75, 3.05) is 24.3 Å². The molecule has 0 amide bonds. The predicted octanol–water partition coefficient (Wildman–Crippen LogP) is 4.54. The number of carbonyl (C=O) groups is 1. The second-order valence-corrected chi connectivity index (χ2v) is 8.30. The molecule has 0 saturated heterocycles. The molecule has 4 rings (SSSR count). The number of aromatic nitrogens is 4. The van der Waals surface area contributed by atoms with Gasteiger partial charge in [-0.1, -0.05) is 6.07 Å². The average Bonchev–Trinajstić information content (AvgIpc) is 2.88. The predicted molar refractivity (Wildman–Crippen MR) is 134 cm³/mol. The standard InChI is InChI=1S/C26H23F3N6O3/c1-14-11-16(12-18(32-14)23(28)29)21-22(15-6-8-17(27)9-7-15)33-26(30)34-24(21)38-13-19(25(36)37)35(2)20-5-3-4-10-31-20/h3-12,19,23H,13H2,1-2H3,(H,36,37)(H2,30,33,34)/t19-/m0/s1. The van der Waals surface area contributed by atoms with E-state index in [1.165, 1.54) is 47.5 Å². The van der Waals surface area contributed by atoms with Crippen molar-refractivity contribution >= 4 is 17.7 Å². The number of aryl methyl sites for hydroxylation is 1. The van der Waals surface area contributed by atoms with Crippen LogP contribution in [0.1, 0.15) is 17.8 Å². The van der Waals surface area contributed by atoms with E-state index in [4.69, 9.17) is 10.5 Å². The molecule has 0 aliphatic rings. The number of rotatable bonds is 9. The summed E-state index contributed by atoms with van der Waals surface area (Å²) in [5, 5.41) is 9.88. The molecule has 38 heavy (non-hydrogen) atoms. The van der Waals surface area contributed by atoms with Crippen LogP contribution in [0.4, 0.5) is 24.9 Å². The van der Waals surface area contributed by atoms with Crippen LogP contribution in [0.5, 0.6) is 5.88 Å². The lowest BCUT2D eigenvalue weighted by Gasteiger charge is -2.26. The van der Waals surface area contributed by atoms with Gasteiger partial charge in [-0.05, 0) is 61.0 Å². The maximum Gasteiger partial charge on any atom is 0.329 e. The molecule has 196 valence electrons. The highest BCUT2D eigenvalue weighted by molar-refractivity contribution is 5.85. The number of alkyl halides is 2. The van der Waals surface area contributed by atoms with E-state index in [0.717, 1.165) is 0 Å². The number of anilines is 2. The molecular weight excluding hydrogens is 501 g/mol. The number of carboxylic acids is 1. The number of nitrogen functional groups attached to an aromatic ring is 1. The lowest BCUT2D eigenvalue weighted by Crippen LogP contribution is -2.43. The molecule has 0 unspecified atom stereocenters. The molecule has 0 aliphatic heterocycles. The average molecular weight is 525 g/mol. The molecule has 4 aromatic rings. The van der Waals surface area contributed by atoms with Gasteiger partial charge in [0.05, 0.1) is 11.3 Å². The second kappa shape index (κ2) is 11.1. The molecule has 0 aliphatic carbocycles. The van der Waals surface area contributed by atoms with Crippen LogP contribution in [0.2, 0.25) is 0 Å². The van der Waals surface area contributed by atoms with Gasteiger partial charge in [0, 0.05) is 24.5 Å². The number of carboxylic acid groups (broad SMARTS) is 1. The lowest BCUT2D eigenvalue weighted by molar-refractivity contribution is -0.139. The zero-order valence-corrected chi connectivity index (χ0v) is 20.3. The van der Waals surface area contributed by atoms with Crippen LogP contribution in [0.25, 0.3) is 22.4 Å². The second-order valence-electron chi connectivity index (χ2n) is 8.30. The number of nitrogens with zero attached hydrogens (tertiary/aromatic N) is 5. The summed E-state index contributed by atoms with van der Waals surface area (Å²) in [5.74, 6) is -1.64. The van der Waals surface area contributed by atoms with Crippen molar-refractivity contribution in [1.29, 1.82) is 0 Å². The fourth-order valence-electron chi connectivity index (χ4n) is 3.82. The van der Waals surface area contributed by atoms with Crippen molar-refractivity contribution in [3.8, 4) is 28.3 Å². The monoisotopic (exact) mass is 524 g/mol. The van der Waals surface area contributed by atoms with Crippen LogP contribution in [0, 0.1) is 12.7 Å². The zero-order valence-electron chi connectivity index (χ0n) is 20.3. The Kier molecular flexibility index (Phi) is 7.70. The molecule has 9 nitrogen and oxygen atoms in total. The molecule has 12 heteroatoms. The first-order chi connectivity index (χ1) is 18.1. The Bertz CT molecular complexity index is 1440. The van der Waals surface area contributed by atoms with Gasteiger partial charge in [0.25, 0.3) is 6.43 Å². The van der Waals surface area contributed by atoms with E-state index in [1.807, 2.05) is 0 Å². The number of ether oxygens (including phenoxy) is 1. The Morgan fingerprint density at radius 1 is 1.08 bits per heavy atom. The van der Waals surface area contributed by atoms with Crippen molar-refractivity contribution in [2.45, 2.75) is 19.4 Å². The molecule has 3 heterocycles. The van der Waals surface area contributed by atoms with E-state index in [9.17, 15) is 23.1 Å². The Balaban J connectivity index is 1.83. The highest BCUT2D eigenvalue weighted by Crippen LogP contribution is 2.39. The molecular formula is C26H23F3N6O3. The third-order valence-corrected chi connectivity index (χ3v) is 5.64. The van der Waals surface area contributed by atoms with E-state index < -0.39 is 36.6 Å². The molecule has 0 spiro atoms. The van der Waals surface area contributed by atoms with Gasteiger partial charge in [0.1, 0.15) is 23.9 Å². The summed E-state index contributed by atoms with van der Waals surface area (Å²) in [6, 6.07) is 11.9. The van der Waals surface area contributed by atoms with Gasteiger partial charge >= 0.3 is 5.97 Å². The van der Waals surface area contributed by atoms with E-state index in [1.54, 1.807) is 32.2 Å². The number of nitrogens with two attached hydrogens (primary N) is 1. The number of halogens is 3. The van der Waals surface area contributed by atoms with Gasteiger partial charge in [-0.25, -0.2) is 27.9 Å². The largest absolute Gasteiger partial charge is 0.480 e. The normalized spacial score (nSPS) is 11.8. The highest BCUT2D eigenvalue weighted by Gasteiger charge is 2.27. The van der Waals surface area contributed by atoms with Gasteiger partial charge in [-0.15, -0.1) is 0 Å². The van der Waals surface area contributed by atoms with E-state index in [2.05, 4.69) is 19.9 Å². The van der Waals surface area contributed by atoms with Crippen LogP contribution >= 0.6 is 0 Å². The van der Waals surface area contributed by atoms with Crippen molar-refractivity contribution in [3.05, 3.63) is 78.0 Å². The van der Waals surface area contributed by atoms with E-state index >= 15 is 0 Å². The van der Waals surface area contributed by atoms with Gasteiger partial charge in [-0.2, -0.15) is 4.98 Å². The third-order valence-electron chi connectivity index (χ3n) is 5.64. The van der Waals surface area contributed by atoms with Crippen LogP contribution < -0.4 is 15.4 Å². The third kappa shape index (κ3) is 5.80. The smallest absolute Gasteiger partial charge is 0.329 e. The Morgan fingerprint density at radius 2 is 1.82 bits per heavy atom. The first-order valence-electron chi connectivity index (χ1n) is 11.3. The van der Waals surface area contributed by atoms with Crippen molar-refractivity contribution in [3.63, 3.8) is 0 Å². The summed E-state index contributed by atoms with van der Waals surface area (Å²) in [7, 11) is 1.55. The maximum absolute atomic E-state index is 13.6. The van der Waals surface area contributed by atoms with Crippen LogP contribution in [-0.2, 0) is 4.79 Å². The number of aliphatic carboxylic acids is 1. The number of pyridine rings is 2. The minimum absolute atomic E-state index is 0.136. The molecule has 0 fully saturated rings. The summed E-state index contributed by atoms with van der Waals surface area (Å²) >= 11 is 0. The van der Waals surface area contributed by atoms with Gasteiger partial charge in [-0.3, -0.25) is 4.98 Å². The fraction of sp³-hybridized carbons (Fsp3) is 0.192. The van der Waals surface area contributed by atoms with Crippen molar-refractivity contribution < 1.29 is 27.8 Å². The summed E-state index contributed by atoms with van der Waals surface area (Å²) in [6.45, 7) is 1.15. The quantitative estimate of drug-likeness (QED) is 0.324. The number of hydrogen-bond acceptors (Lipinski definition) is 8. The first-order valence-corrected chi connectivity index (χ1v) is 11.3. The van der Waals surface area contributed by atoms with Crippen molar-refractivity contribution in [2.24, 2.45) is 0 Å². The molecule has 1 aromatic carbocycles. The Hall–Kier alpha value is -4.74. The minimum Gasteiger partial charge on any atom is -0.480 e. The van der Waals surface area contributed by atoms with E-state index in [0.29, 0.717) is 17.1 Å². The minimum atomic E-state index is -2.86. The first kappa shape index (κ1) is 26.3. The molecule has 0 radical (unpaired) electrons. The fourth-order valence-corrected chi connectivity index (χ4v) is 3.82. The SMILES string of the molecule is Cc1cc(-c2c(OC[C@@H](C(=O)O)N(C)c3ccccn3)nc(N)nc2-c2ccc(F)cc2)cc(C(F)F)n1. The van der Waals surface area contributed by atoms with Crippen LogP contribution in [0.3, 0.4) is 0 Å². The Morgan fingerprint density at radius 3 is 2.45 bits per heavy atom. The number of benzene rings is 1. The number of hydrogen-bond donors (Lipinski definition) is 2. The summed E-state index contributed by atoms with van der Waals surface area (Å²) in [6.07, 6.45) is -1.33. The van der Waals surface area contributed by atoms with Gasteiger partial charge < -0.3 is 20.5 Å². The van der Waals surface area contributed by atoms with Gasteiger partial charge in [0.15, 0.2) is 6.04 Å². The molecule has 0 bridgehead atoms. The maximum atomic E-state index is 13.6. The van der Waals surface area contributed by atoms with Gasteiger partial charge in [0.2, 0.25) is 11.8 Å². The lowest BCUT2D eigenvalue weighted by atomic mass is 9.99. The van der Waals surface area contributed by atoms with Crippen LogP contribution in [0.15, 0.2) is 60.8 Å². The highest BCUT2D eigenvalue weighted by atomic mass is 19.3. The Labute approximate surface area is 215 Å². The molecule has 3 aromatic heterocycles. The topological polar surface area (TPSA) is 127 Å². The summed E-state index contributed by atoms with van der Waals surface area (Å²) in [4.78, 5) is 30.0. The molecule has 1 atom stereocenters. The van der Waals surface area contributed by atoms with E-state index in [-0.39, 0.29) is 28.6 Å². The van der Waals surface area contributed by atoms with Crippen molar-refractivity contribution in [1.82, 2.24) is 19.9 Å². The zero-order chi connectivity index (χ0) is 27.4. The summed E-state index contributed by atoms with van der Waals surface area (Å²) in [5.41, 5.74) is 6.77. The van der Waals surface area contributed by atoms with Crippen LogP contribution in [-0.4, -0.2) is 50.7 Å². The molecule has 3 N–H and O–H groups in total. The summed E-state index contributed by atoms with van der Waals surface area (Å²) < 4.78 is 46.8.